The quantitative estimate of drug-likeness (QED) is 0.810. The lowest BCUT2D eigenvalue weighted by atomic mass is 10.1. The van der Waals surface area contributed by atoms with Crippen molar-refractivity contribution >= 4 is 21.6 Å². The Kier molecular flexibility index (Phi) is 5.92. The zero-order valence-corrected chi connectivity index (χ0v) is 16.4. The maximum atomic E-state index is 12.9. The Bertz CT molecular complexity index is 921. The Balaban J connectivity index is 2.43. The van der Waals surface area contributed by atoms with Crippen LogP contribution in [-0.4, -0.2) is 27.5 Å². The summed E-state index contributed by atoms with van der Waals surface area (Å²) in [5, 5.41) is 2.77. The minimum Gasteiger partial charge on any atom is -0.496 e. The van der Waals surface area contributed by atoms with E-state index in [4.69, 9.17) is 4.74 Å². The van der Waals surface area contributed by atoms with Crippen molar-refractivity contribution in [2.75, 3.05) is 11.8 Å². The predicted octanol–water partition coefficient (Wildman–Crippen LogP) is 3.25. The molecule has 7 heteroatoms. The summed E-state index contributed by atoms with van der Waals surface area (Å²) in [5.74, 6) is 0.291. The number of rotatable bonds is 6. The first kappa shape index (κ1) is 19.8. The summed E-state index contributed by atoms with van der Waals surface area (Å²) in [6, 6.07) is 9.71. The Morgan fingerprint density at radius 3 is 2.35 bits per heavy atom. The van der Waals surface area contributed by atoms with E-state index in [1.807, 2.05) is 13.8 Å². The molecule has 0 heterocycles. The summed E-state index contributed by atoms with van der Waals surface area (Å²) in [4.78, 5) is 12.5. The van der Waals surface area contributed by atoms with E-state index in [-0.39, 0.29) is 28.1 Å². The molecule has 0 atom stereocenters. The van der Waals surface area contributed by atoms with Gasteiger partial charge in [0.1, 0.15) is 5.75 Å². The van der Waals surface area contributed by atoms with Crippen LogP contribution in [0, 0.1) is 13.8 Å². The van der Waals surface area contributed by atoms with Crippen LogP contribution in [0.5, 0.6) is 5.75 Å². The van der Waals surface area contributed by atoms with Crippen molar-refractivity contribution in [1.29, 1.82) is 0 Å². The molecule has 6 nitrogen and oxygen atoms in total. The number of benzene rings is 2. The summed E-state index contributed by atoms with van der Waals surface area (Å²) < 4.78 is 33.5. The van der Waals surface area contributed by atoms with Gasteiger partial charge in [-0.1, -0.05) is 12.1 Å². The summed E-state index contributed by atoms with van der Waals surface area (Å²) >= 11 is 0. The standard InChI is InChI=1S/C19H24N2O4S/c1-12(2)20-19(22)15-8-6-7-9-16(15)21-26(23,24)18-11-13(3)17(25-5)10-14(18)4/h6-12,21H,1-5H3,(H,20,22). The zero-order valence-electron chi connectivity index (χ0n) is 15.6. The lowest BCUT2D eigenvalue weighted by Gasteiger charge is -2.16. The molecule has 0 saturated carbocycles. The van der Waals surface area contributed by atoms with Gasteiger partial charge in [0, 0.05) is 6.04 Å². The highest BCUT2D eigenvalue weighted by molar-refractivity contribution is 7.92. The fourth-order valence-electron chi connectivity index (χ4n) is 2.58. The molecule has 2 N–H and O–H groups in total. The van der Waals surface area contributed by atoms with E-state index in [9.17, 15) is 13.2 Å². The van der Waals surface area contributed by atoms with Gasteiger partial charge in [-0.25, -0.2) is 8.42 Å². The molecular weight excluding hydrogens is 352 g/mol. The maximum Gasteiger partial charge on any atom is 0.262 e. The SMILES string of the molecule is COc1cc(C)c(S(=O)(=O)Nc2ccccc2C(=O)NC(C)C)cc1C. The third kappa shape index (κ3) is 4.35. The van der Waals surface area contributed by atoms with Gasteiger partial charge in [-0.15, -0.1) is 0 Å². The molecule has 0 aliphatic heterocycles. The van der Waals surface area contributed by atoms with Crippen molar-refractivity contribution in [2.45, 2.75) is 38.6 Å². The summed E-state index contributed by atoms with van der Waals surface area (Å²) in [7, 11) is -2.32. The van der Waals surface area contributed by atoms with Crippen LogP contribution in [0.2, 0.25) is 0 Å². The van der Waals surface area contributed by atoms with Crippen LogP contribution in [0.25, 0.3) is 0 Å². The van der Waals surface area contributed by atoms with Crippen LogP contribution >= 0.6 is 0 Å². The third-order valence-electron chi connectivity index (χ3n) is 3.82. The van der Waals surface area contributed by atoms with Gasteiger partial charge >= 0.3 is 0 Å². The van der Waals surface area contributed by atoms with E-state index < -0.39 is 10.0 Å². The first-order valence-electron chi connectivity index (χ1n) is 8.23. The molecule has 140 valence electrons. The Morgan fingerprint density at radius 2 is 1.73 bits per heavy atom. The first-order chi connectivity index (χ1) is 12.2. The largest absolute Gasteiger partial charge is 0.496 e. The number of sulfonamides is 1. The molecule has 2 rings (SSSR count). The van der Waals surface area contributed by atoms with Crippen molar-refractivity contribution in [3.8, 4) is 5.75 Å². The van der Waals surface area contributed by atoms with Crippen LogP contribution in [0.1, 0.15) is 35.3 Å². The smallest absolute Gasteiger partial charge is 0.262 e. The molecule has 1 amide bonds. The molecule has 0 aliphatic carbocycles. The number of carbonyl (C=O) groups excluding carboxylic acids is 1. The molecule has 0 saturated heterocycles. The Labute approximate surface area is 154 Å². The number of para-hydroxylation sites is 1. The average molecular weight is 376 g/mol. The van der Waals surface area contributed by atoms with Gasteiger partial charge in [-0.3, -0.25) is 9.52 Å². The molecule has 2 aromatic rings. The van der Waals surface area contributed by atoms with Crippen molar-refractivity contribution < 1.29 is 17.9 Å². The molecule has 2 aromatic carbocycles. The second kappa shape index (κ2) is 7.78. The molecule has 0 aliphatic rings. The highest BCUT2D eigenvalue weighted by Crippen LogP contribution is 2.28. The number of hydrogen-bond acceptors (Lipinski definition) is 4. The maximum absolute atomic E-state index is 12.9. The zero-order chi connectivity index (χ0) is 19.5. The number of hydrogen-bond donors (Lipinski definition) is 2. The molecule has 0 radical (unpaired) electrons. The number of amides is 1. The summed E-state index contributed by atoms with van der Waals surface area (Å²) in [5.41, 5.74) is 1.78. The molecule has 0 spiro atoms. The lowest BCUT2D eigenvalue weighted by Crippen LogP contribution is -2.31. The molecule has 0 unspecified atom stereocenters. The van der Waals surface area contributed by atoms with Crippen molar-refractivity contribution in [1.82, 2.24) is 5.32 Å². The average Bonchev–Trinajstić information content (AvgIpc) is 2.55. The lowest BCUT2D eigenvalue weighted by molar-refractivity contribution is 0.0944. The highest BCUT2D eigenvalue weighted by Gasteiger charge is 2.21. The number of anilines is 1. The van der Waals surface area contributed by atoms with E-state index in [1.165, 1.54) is 7.11 Å². The number of carbonyl (C=O) groups is 1. The second-order valence-electron chi connectivity index (χ2n) is 6.37. The van der Waals surface area contributed by atoms with Gasteiger partial charge in [0.15, 0.2) is 0 Å². The van der Waals surface area contributed by atoms with E-state index >= 15 is 0 Å². The third-order valence-corrected chi connectivity index (χ3v) is 5.33. The number of methoxy groups -OCH3 is 1. The van der Waals surface area contributed by atoms with Crippen molar-refractivity contribution in [3.05, 3.63) is 53.1 Å². The Hall–Kier alpha value is -2.54. The fraction of sp³-hybridized carbons (Fsp3) is 0.316. The van der Waals surface area contributed by atoms with Gasteiger partial charge in [-0.05, 0) is 63.1 Å². The normalized spacial score (nSPS) is 11.3. The second-order valence-corrected chi connectivity index (χ2v) is 8.02. The van der Waals surface area contributed by atoms with Crippen LogP contribution in [-0.2, 0) is 10.0 Å². The van der Waals surface area contributed by atoms with Gasteiger partial charge < -0.3 is 10.1 Å². The fourth-order valence-corrected chi connectivity index (χ4v) is 3.97. The van der Waals surface area contributed by atoms with Crippen LogP contribution < -0.4 is 14.8 Å². The first-order valence-corrected chi connectivity index (χ1v) is 9.72. The van der Waals surface area contributed by atoms with Gasteiger partial charge in [0.2, 0.25) is 0 Å². The van der Waals surface area contributed by atoms with Gasteiger partial charge in [-0.2, -0.15) is 0 Å². The topological polar surface area (TPSA) is 84.5 Å². The molecule has 0 aromatic heterocycles. The van der Waals surface area contributed by atoms with Crippen LogP contribution in [0.4, 0.5) is 5.69 Å². The molecular formula is C19H24N2O4S. The van der Waals surface area contributed by atoms with Crippen molar-refractivity contribution in [2.24, 2.45) is 0 Å². The predicted molar refractivity (Wildman–Crippen MR) is 102 cm³/mol. The molecule has 0 fully saturated rings. The highest BCUT2D eigenvalue weighted by atomic mass is 32.2. The molecule has 0 bridgehead atoms. The summed E-state index contributed by atoms with van der Waals surface area (Å²) in [6.45, 7) is 7.16. The summed E-state index contributed by atoms with van der Waals surface area (Å²) in [6.07, 6.45) is 0. The minimum absolute atomic E-state index is 0.0568. The van der Waals surface area contributed by atoms with E-state index in [0.29, 0.717) is 16.9 Å². The van der Waals surface area contributed by atoms with E-state index in [0.717, 1.165) is 0 Å². The van der Waals surface area contributed by atoms with Crippen LogP contribution in [0.3, 0.4) is 0 Å². The Morgan fingerprint density at radius 1 is 1.08 bits per heavy atom. The van der Waals surface area contributed by atoms with Crippen LogP contribution in [0.15, 0.2) is 41.3 Å². The number of aryl methyl sites for hydroxylation is 2. The van der Waals surface area contributed by atoms with Gasteiger partial charge in [0.05, 0.1) is 23.3 Å². The number of ether oxygens (including phenoxy) is 1. The molecule has 26 heavy (non-hydrogen) atoms. The monoisotopic (exact) mass is 376 g/mol. The minimum atomic E-state index is -3.86. The van der Waals surface area contributed by atoms with Crippen molar-refractivity contribution in [3.63, 3.8) is 0 Å². The van der Waals surface area contributed by atoms with Gasteiger partial charge in [0.25, 0.3) is 15.9 Å². The number of nitrogens with one attached hydrogen (secondary N) is 2. The van der Waals surface area contributed by atoms with E-state index in [2.05, 4.69) is 10.0 Å². The van der Waals surface area contributed by atoms with E-state index in [1.54, 1.807) is 50.2 Å².